The van der Waals surface area contributed by atoms with E-state index in [1.54, 1.807) is 0 Å². The van der Waals surface area contributed by atoms with Crippen LogP contribution in [-0.4, -0.2) is 9.78 Å². The van der Waals surface area contributed by atoms with Crippen LogP contribution < -0.4 is 11.3 Å². The molecule has 2 rings (SSSR count). The van der Waals surface area contributed by atoms with Crippen molar-refractivity contribution in [3.8, 4) is 0 Å². The first-order valence-corrected chi connectivity index (χ1v) is 7.02. The van der Waals surface area contributed by atoms with E-state index < -0.39 is 0 Å². The maximum Gasteiger partial charge on any atom is 0.0596 e. The third kappa shape index (κ3) is 3.23. The molecule has 0 bridgehead atoms. The minimum atomic E-state index is 0.0600. The minimum absolute atomic E-state index is 0.0600. The van der Waals surface area contributed by atoms with Crippen molar-refractivity contribution in [2.45, 2.75) is 26.3 Å². The lowest BCUT2D eigenvalue weighted by Crippen LogP contribution is -2.30. The van der Waals surface area contributed by atoms with Crippen molar-refractivity contribution in [3.63, 3.8) is 0 Å². The summed E-state index contributed by atoms with van der Waals surface area (Å²) in [5.74, 6) is 5.72. The predicted octanol–water partition coefficient (Wildman–Crippen LogP) is 2.55. The molecule has 0 saturated heterocycles. The first-order valence-electron chi connectivity index (χ1n) is 6.23. The summed E-state index contributed by atoms with van der Waals surface area (Å²) in [6, 6.07) is 8.46. The monoisotopic (exact) mass is 322 g/mol. The Morgan fingerprint density at radius 1 is 1.37 bits per heavy atom. The van der Waals surface area contributed by atoms with Gasteiger partial charge in [-0.2, -0.15) is 5.10 Å². The maximum atomic E-state index is 5.72. The van der Waals surface area contributed by atoms with Gasteiger partial charge in [-0.3, -0.25) is 16.0 Å². The Kier molecular flexibility index (Phi) is 4.39. The van der Waals surface area contributed by atoms with E-state index in [-0.39, 0.29) is 6.04 Å². The van der Waals surface area contributed by atoms with Gasteiger partial charge in [-0.25, -0.2) is 0 Å². The molecule has 1 heterocycles. The van der Waals surface area contributed by atoms with Crippen molar-refractivity contribution in [3.05, 3.63) is 51.3 Å². The number of nitrogens with one attached hydrogen (secondary N) is 1. The van der Waals surface area contributed by atoms with Crippen LogP contribution in [-0.2, 0) is 13.5 Å². The van der Waals surface area contributed by atoms with Gasteiger partial charge in [0.2, 0.25) is 0 Å². The summed E-state index contributed by atoms with van der Waals surface area (Å²) in [5.41, 5.74) is 7.46. The van der Waals surface area contributed by atoms with Gasteiger partial charge in [0.05, 0.1) is 11.7 Å². The molecular formula is C14H19BrN4. The number of nitrogens with zero attached hydrogens (tertiary/aromatic N) is 2. The van der Waals surface area contributed by atoms with Gasteiger partial charge in [0.25, 0.3) is 0 Å². The standard InChI is InChI=1S/C14H19BrN4/c1-9-4-5-12(13(15)6-9)14(17-16)8-11-7-10(2)18-19(11)3/h4-7,14,17H,8,16H2,1-3H3. The second kappa shape index (κ2) is 5.86. The molecule has 3 N–H and O–H groups in total. The van der Waals surface area contributed by atoms with Crippen LogP contribution in [0.2, 0.25) is 0 Å². The second-order valence-electron chi connectivity index (χ2n) is 4.85. The normalized spacial score (nSPS) is 12.7. The zero-order valence-corrected chi connectivity index (χ0v) is 13.0. The number of nitrogens with two attached hydrogens (primary N) is 1. The van der Waals surface area contributed by atoms with E-state index in [0.717, 1.165) is 27.8 Å². The number of aryl methyl sites for hydroxylation is 3. The molecule has 2 aromatic rings. The third-order valence-electron chi connectivity index (χ3n) is 3.24. The molecule has 1 aromatic heterocycles. The van der Waals surface area contributed by atoms with E-state index in [4.69, 9.17) is 5.84 Å². The van der Waals surface area contributed by atoms with E-state index in [2.05, 4.69) is 57.6 Å². The molecule has 4 nitrogen and oxygen atoms in total. The fourth-order valence-corrected chi connectivity index (χ4v) is 3.01. The number of hydrogen-bond acceptors (Lipinski definition) is 3. The fourth-order valence-electron chi connectivity index (χ4n) is 2.24. The molecule has 5 heteroatoms. The zero-order chi connectivity index (χ0) is 14.0. The third-order valence-corrected chi connectivity index (χ3v) is 3.93. The first-order chi connectivity index (χ1) is 9.01. The molecule has 19 heavy (non-hydrogen) atoms. The van der Waals surface area contributed by atoms with Crippen molar-refractivity contribution in [2.75, 3.05) is 0 Å². The lowest BCUT2D eigenvalue weighted by atomic mass is 10.0. The molecular weight excluding hydrogens is 304 g/mol. The van der Waals surface area contributed by atoms with Crippen molar-refractivity contribution < 1.29 is 0 Å². The summed E-state index contributed by atoms with van der Waals surface area (Å²) >= 11 is 3.61. The van der Waals surface area contributed by atoms with E-state index in [9.17, 15) is 0 Å². The molecule has 0 saturated carbocycles. The smallest absolute Gasteiger partial charge is 0.0596 e. The highest BCUT2D eigenvalue weighted by Crippen LogP contribution is 2.26. The Balaban J connectivity index is 2.27. The van der Waals surface area contributed by atoms with Crippen molar-refractivity contribution in [2.24, 2.45) is 12.9 Å². The highest BCUT2D eigenvalue weighted by Gasteiger charge is 2.16. The molecule has 0 radical (unpaired) electrons. The topological polar surface area (TPSA) is 55.9 Å². The van der Waals surface area contributed by atoms with Gasteiger partial charge >= 0.3 is 0 Å². The van der Waals surface area contributed by atoms with Gasteiger partial charge in [0.1, 0.15) is 0 Å². The van der Waals surface area contributed by atoms with Crippen molar-refractivity contribution >= 4 is 15.9 Å². The first kappa shape index (κ1) is 14.2. The summed E-state index contributed by atoms with van der Waals surface area (Å²) in [5, 5.41) is 4.36. The Hall–Kier alpha value is -1.17. The van der Waals surface area contributed by atoms with Gasteiger partial charge in [-0.05, 0) is 37.1 Å². The highest BCUT2D eigenvalue weighted by molar-refractivity contribution is 9.10. The second-order valence-corrected chi connectivity index (χ2v) is 5.70. The van der Waals surface area contributed by atoms with Gasteiger partial charge < -0.3 is 0 Å². The largest absolute Gasteiger partial charge is 0.272 e. The molecule has 0 aliphatic rings. The van der Waals surface area contributed by atoms with Crippen LogP contribution >= 0.6 is 15.9 Å². The number of benzene rings is 1. The van der Waals surface area contributed by atoms with Crippen LogP contribution in [0.15, 0.2) is 28.7 Å². The number of hydrogen-bond donors (Lipinski definition) is 2. The Labute approximate surface area is 122 Å². The quantitative estimate of drug-likeness (QED) is 0.672. The summed E-state index contributed by atoms with van der Waals surface area (Å²) in [6.07, 6.45) is 0.801. The number of hydrazine groups is 1. The van der Waals surface area contributed by atoms with Crippen LogP contribution in [0.5, 0.6) is 0 Å². The maximum absolute atomic E-state index is 5.72. The van der Waals surface area contributed by atoms with Gasteiger partial charge in [0, 0.05) is 23.6 Å². The lowest BCUT2D eigenvalue weighted by molar-refractivity contribution is 0.528. The Bertz CT molecular complexity index is 577. The van der Waals surface area contributed by atoms with E-state index in [1.807, 2.05) is 18.7 Å². The fraction of sp³-hybridized carbons (Fsp3) is 0.357. The molecule has 1 atom stereocenters. The Morgan fingerprint density at radius 2 is 2.11 bits per heavy atom. The van der Waals surface area contributed by atoms with Crippen LogP contribution in [0.1, 0.15) is 28.6 Å². The van der Waals surface area contributed by atoms with Crippen LogP contribution in [0, 0.1) is 13.8 Å². The summed E-state index contributed by atoms with van der Waals surface area (Å²) in [4.78, 5) is 0. The van der Waals surface area contributed by atoms with E-state index >= 15 is 0 Å². The van der Waals surface area contributed by atoms with Crippen LogP contribution in [0.4, 0.5) is 0 Å². The molecule has 0 aliphatic carbocycles. The van der Waals surface area contributed by atoms with Gasteiger partial charge in [0.15, 0.2) is 0 Å². The minimum Gasteiger partial charge on any atom is -0.272 e. The molecule has 0 aliphatic heterocycles. The lowest BCUT2D eigenvalue weighted by Gasteiger charge is -2.18. The predicted molar refractivity (Wildman–Crippen MR) is 80.6 cm³/mol. The van der Waals surface area contributed by atoms with Gasteiger partial charge in [-0.15, -0.1) is 0 Å². The number of rotatable bonds is 4. The average Bonchev–Trinajstić information content (AvgIpc) is 2.65. The molecule has 102 valence electrons. The zero-order valence-electron chi connectivity index (χ0n) is 11.4. The Morgan fingerprint density at radius 3 is 2.63 bits per heavy atom. The summed E-state index contributed by atoms with van der Waals surface area (Å²) < 4.78 is 2.98. The number of aromatic nitrogens is 2. The molecule has 1 aromatic carbocycles. The van der Waals surface area contributed by atoms with Gasteiger partial charge in [-0.1, -0.05) is 28.1 Å². The van der Waals surface area contributed by atoms with Crippen LogP contribution in [0.3, 0.4) is 0 Å². The molecule has 0 amide bonds. The van der Waals surface area contributed by atoms with Crippen LogP contribution in [0.25, 0.3) is 0 Å². The molecule has 0 fully saturated rings. The summed E-state index contributed by atoms with van der Waals surface area (Å²) in [6.45, 7) is 4.07. The summed E-state index contributed by atoms with van der Waals surface area (Å²) in [7, 11) is 1.96. The SMILES string of the molecule is Cc1ccc(C(Cc2cc(C)nn2C)NN)c(Br)c1. The van der Waals surface area contributed by atoms with E-state index in [1.165, 1.54) is 5.56 Å². The van der Waals surface area contributed by atoms with Crippen molar-refractivity contribution in [1.82, 2.24) is 15.2 Å². The van der Waals surface area contributed by atoms with E-state index in [0.29, 0.717) is 0 Å². The number of halogens is 1. The average molecular weight is 323 g/mol. The molecule has 1 unspecified atom stereocenters. The highest BCUT2D eigenvalue weighted by atomic mass is 79.9. The van der Waals surface area contributed by atoms with Crippen molar-refractivity contribution in [1.29, 1.82) is 0 Å². The molecule has 0 spiro atoms.